The van der Waals surface area contributed by atoms with Crippen LogP contribution in [0.15, 0.2) is 12.7 Å². The topological polar surface area (TPSA) is 348 Å². The molecule has 2 aliphatic rings. The maximum absolute atomic E-state index is 10.8. The minimum atomic E-state index is -2.12. The SMILES string of the molecule is CCc1nc(O)c2ncn([C@@H]3O[C@H](C(O)C(=O)[O-])[C@@H](O)[C@H]3O)c2n1.CCc1nc(O)c2ncn([C@@H]3O[C@H](C(O)C(=O)[O-])[C@@H](O)[C@H]3O)c2n1.[Na+].[Na+]. The van der Waals surface area contributed by atoms with Crippen LogP contribution in [0, 0.1) is 0 Å². The number of rotatable bonds is 8. The fourth-order valence-corrected chi connectivity index (χ4v) is 5.20. The Bertz CT molecular complexity index is 1700. The Morgan fingerprint density at radius 3 is 1.34 bits per heavy atom. The molecule has 10 atom stereocenters. The fourth-order valence-electron chi connectivity index (χ4n) is 5.20. The largest absolute Gasteiger partial charge is 1.00 e. The zero-order valence-corrected chi connectivity index (χ0v) is 30.9. The van der Waals surface area contributed by atoms with Crippen LogP contribution in [0.4, 0.5) is 0 Å². The molecule has 0 aromatic carbocycles. The van der Waals surface area contributed by atoms with Gasteiger partial charge in [0, 0.05) is 12.8 Å². The van der Waals surface area contributed by atoms with Crippen LogP contribution in [0.5, 0.6) is 11.8 Å². The van der Waals surface area contributed by atoms with Crippen LogP contribution < -0.4 is 69.3 Å². The molecule has 0 radical (unpaired) electrons. The maximum Gasteiger partial charge on any atom is 1.00 e. The van der Waals surface area contributed by atoms with E-state index in [-0.39, 0.29) is 93.2 Å². The second-order valence-corrected chi connectivity index (χ2v) is 10.8. The number of carboxylic acids is 2. The van der Waals surface area contributed by atoms with E-state index in [4.69, 9.17) is 9.47 Å². The Morgan fingerprint density at radius 2 is 1.04 bits per heavy atom. The summed E-state index contributed by atoms with van der Waals surface area (Å²) in [6.45, 7) is 3.55. The summed E-state index contributed by atoms with van der Waals surface area (Å²) < 4.78 is 13.0. The van der Waals surface area contributed by atoms with Crippen molar-refractivity contribution >= 4 is 34.3 Å². The number of hydrogen-bond donors (Lipinski definition) is 8. The van der Waals surface area contributed by atoms with Gasteiger partial charge in [0.25, 0.3) is 0 Å². The minimum absolute atomic E-state index is 0. The standard InChI is InChI=1S/2C13H16N4O7.2Na/c2*1-2-4-15-10-5(11(21)16-4)14-3-17(10)12-7(19)6(18)9(24-12)8(20)13(22)23;;/h2*3,6-9,12,18-20H,2H2,1H3,(H,22,23)(H,15,16,21);;/q;;2*+1/p-2/t2*6-,7+,8?,9-,12+;;/m00../s1. The second-order valence-electron chi connectivity index (χ2n) is 10.8. The van der Waals surface area contributed by atoms with E-state index >= 15 is 0 Å². The van der Waals surface area contributed by atoms with E-state index in [0.29, 0.717) is 24.5 Å². The molecule has 0 saturated carbocycles. The van der Waals surface area contributed by atoms with E-state index in [0.717, 1.165) is 0 Å². The quantitative estimate of drug-likeness (QED) is 0.0782. The number of aliphatic carboxylic acids is 2. The van der Waals surface area contributed by atoms with Crippen molar-refractivity contribution in [3.05, 3.63) is 24.3 Å². The Balaban J connectivity index is 0.000000260. The summed E-state index contributed by atoms with van der Waals surface area (Å²) in [5.41, 5.74) is 0.390. The molecule has 24 heteroatoms. The number of fused-ring (bicyclic) bond motifs is 2. The summed E-state index contributed by atoms with van der Waals surface area (Å²) in [6.07, 6.45) is -13.1. The molecule has 2 fully saturated rings. The van der Waals surface area contributed by atoms with Gasteiger partial charge in [-0.25, -0.2) is 19.9 Å². The van der Waals surface area contributed by atoms with Crippen molar-refractivity contribution in [3.63, 3.8) is 0 Å². The molecule has 6 heterocycles. The summed E-state index contributed by atoms with van der Waals surface area (Å²) in [4.78, 5) is 45.5. The predicted octanol–water partition coefficient (Wildman–Crippen LogP) is -12.3. The van der Waals surface area contributed by atoms with Gasteiger partial charge >= 0.3 is 59.1 Å². The summed E-state index contributed by atoms with van der Waals surface area (Å²) in [5, 5.41) is 100. The molecule has 260 valence electrons. The van der Waals surface area contributed by atoms with Crippen molar-refractivity contribution in [1.29, 1.82) is 0 Å². The summed E-state index contributed by atoms with van der Waals surface area (Å²) in [7, 11) is 0. The first-order valence-corrected chi connectivity index (χ1v) is 14.4. The first-order chi connectivity index (χ1) is 22.7. The van der Waals surface area contributed by atoms with Crippen molar-refractivity contribution in [1.82, 2.24) is 39.0 Å². The van der Waals surface area contributed by atoms with E-state index in [1.165, 1.54) is 21.8 Å². The van der Waals surface area contributed by atoms with Crippen LogP contribution in [-0.4, -0.2) is 141 Å². The molecule has 0 bridgehead atoms. The van der Waals surface area contributed by atoms with E-state index in [1.54, 1.807) is 13.8 Å². The molecule has 8 N–H and O–H groups in total. The molecule has 4 aromatic rings. The predicted molar refractivity (Wildman–Crippen MR) is 147 cm³/mol. The van der Waals surface area contributed by atoms with Gasteiger partial charge in [-0.1, -0.05) is 13.8 Å². The third-order valence-electron chi connectivity index (χ3n) is 7.74. The molecule has 22 nitrogen and oxygen atoms in total. The van der Waals surface area contributed by atoms with Crippen LogP contribution in [0.3, 0.4) is 0 Å². The van der Waals surface area contributed by atoms with E-state index < -0.39 is 73.2 Å². The summed E-state index contributed by atoms with van der Waals surface area (Å²) in [5.74, 6) is -3.74. The third kappa shape index (κ3) is 7.73. The number of aliphatic hydroxyl groups excluding tert-OH is 6. The first-order valence-electron chi connectivity index (χ1n) is 14.4. The number of carboxylic acid groups (broad SMARTS) is 2. The monoisotopic (exact) mass is 724 g/mol. The van der Waals surface area contributed by atoms with Crippen molar-refractivity contribution < 1.29 is 129 Å². The second kappa shape index (κ2) is 16.8. The number of imidazole rings is 2. The van der Waals surface area contributed by atoms with Crippen LogP contribution >= 0.6 is 0 Å². The van der Waals surface area contributed by atoms with Crippen LogP contribution in [0.1, 0.15) is 38.0 Å². The number of aromatic hydroxyl groups is 2. The van der Waals surface area contributed by atoms with E-state index in [1.807, 2.05) is 0 Å². The average molecular weight is 725 g/mol. The normalized spacial score (nSPS) is 27.2. The van der Waals surface area contributed by atoms with Gasteiger partial charge in [0.15, 0.2) is 34.8 Å². The Labute approximate surface area is 324 Å². The molecule has 0 aliphatic carbocycles. The number of carbonyl (C=O) groups is 2. The van der Waals surface area contributed by atoms with Gasteiger partial charge in [-0.2, -0.15) is 9.97 Å². The van der Waals surface area contributed by atoms with E-state index in [9.17, 15) is 60.7 Å². The minimum Gasteiger partial charge on any atom is -0.547 e. The summed E-state index contributed by atoms with van der Waals surface area (Å²) >= 11 is 0. The molecule has 4 aromatic heterocycles. The van der Waals surface area contributed by atoms with Gasteiger partial charge in [0.2, 0.25) is 11.8 Å². The molecular weight excluding hydrogens is 694 g/mol. The van der Waals surface area contributed by atoms with Gasteiger partial charge in [0.05, 0.1) is 24.6 Å². The zero-order chi connectivity index (χ0) is 35.2. The molecule has 0 amide bonds. The molecule has 50 heavy (non-hydrogen) atoms. The molecule has 2 aliphatic heterocycles. The molecule has 0 spiro atoms. The Morgan fingerprint density at radius 1 is 0.700 bits per heavy atom. The van der Waals surface area contributed by atoms with Crippen molar-refractivity contribution in [3.8, 4) is 11.8 Å². The number of nitrogens with zero attached hydrogens (tertiary/aromatic N) is 8. The molecular formula is C26H30N8Na2O14. The van der Waals surface area contributed by atoms with Gasteiger partial charge < -0.3 is 70.1 Å². The summed E-state index contributed by atoms with van der Waals surface area (Å²) in [6, 6.07) is 0. The average Bonchev–Trinajstić information content (AvgIpc) is 3.82. The number of aromatic nitrogens is 8. The first kappa shape index (κ1) is 41.7. The van der Waals surface area contributed by atoms with Gasteiger partial charge in [-0.05, 0) is 0 Å². The van der Waals surface area contributed by atoms with Crippen LogP contribution in [-0.2, 0) is 31.9 Å². The third-order valence-corrected chi connectivity index (χ3v) is 7.74. The molecule has 2 unspecified atom stereocenters. The Hall–Kier alpha value is -2.68. The smallest absolute Gasteiger partial charge is 0.547 e. The van der Waals surface area contributed by atoms with Crippen LogP contribution in [0.2, 0.25) is 0 Å². The number of carbonyl (C=O) groups excluding carboxylic acids is 2. The van der Waals surface area contributed by atoms with E-state index in [2.05, 4.69) is 29.9 Å². The number of hydrogen-bond acceptors (Lipinski definition) is 20. The molecule has 6 rings (SSSR count). The number of ether oxygens (including phenoxy) is 2. The molecule has 2 saturated heterocycles. The fraction of sp³-hybridized carbons (Fsp3) is 0.538. The zero-order valence-electron chi connectivity index (χ0n) is 26.9. The number of aliphatic hydroxyl groups is 6. The van der Waals surface area contributed by atoms with Crippen molar-refractivity contribution in [2.24, 2.45) is 0 Å². The van der Waals surface area contributed by atoms with Crippen molar-refractivity contribution in [2.45, 2.75) is 88.0 Å². The Kier molecular flexibility index (Phi) is 14.0. The van der Waals surface area contributed by atoms with Gasteiger partial charge in [-0.3, -0.25) is 9.13 Å². The van der Waals surface area contributed by atoms with Crippen LogP contribution in [0.25, 0.3) is 22.3 Å². The maximum atomic E-state index is 10.8. The van der Waals surface area contributed by atoms with Gasteiger partial charge in [0.1, 0.15) is 60.5 Å². The van der Waals surface area contributed by atoms with Gasteiger partial charge in [-0.15, -0.1) is 0 Å². The van der Waals surface area contributed by atoms with Crippen molar-refractivity contribution in [2.75, 3.05) is 0 Å². The number of aryl methyl sites for hydroxylation is 2.